The van der Waals surface area contributed by atoms with E-state index >= 15 is 0 Å². The Bertz CT molecular complexity index is 275. The molecule has 4 N–H and O–H groups in total. The quantitative estimate of drug-likeness (QED) is 0.665. The van der Waals surface area contributed by atoms with E-state index in [2.05, 4.69) is 9.69 Å². The summed E-state index contributed by atoms with van der Waals surface area (Å²) in [5, 5.41) is 12.8. The fraction of sp³-hybridized carbons (Fsp3) is 0.571. The largest absolute Gasteiger partial charge is 0.490 e. The topological polar surface area (TPSA) is 80.4 Å². The molecule has 0 aliphatic heterocycles. The maximum atomic E-state index is 9.03. The maximum Gasteiger partial charge on any atom is 0.197 e. The Morgan fingerprint density at radius 2 is 2.46 bits per heavy atom. The third kappa shape index (κ3) is 2.46. The van der Waals surface area contributed by atoms with E-state index in [1.54, 1.807) is 6.92 Å². The van der Waals surface area contributed by atoms with Gasteiger partial charge in [0.25, 0.3) is 0 Å². The normalized spacial score (nSPS) is 12.5. The number of methoxy groups -OCH3 is 1. The van der Waals surface area contributed by atoms with E-state index in [9.17, 15) is 0 Å². The number of aliphatic hydroxyl groups excluding tert-OH is 1. The average molecular weight is 203 g/mol. The Kier molecular flexibility index (Phi) is 3.32. The highest BCUT2D eigenvalue weighted by Gasteiger charge is 2.11. The summed E-state index contributed by atoms with van der Waals surface area (Å²) in [5.41, 5.74) is 5.53. The lowest BCUT2D eigenvalue weighted by Gasteiger charge is -2.07. The van der Waals surface area contributed by atoms with Crippen molar-refractivity contribution in [3.05, 3.63) is 0 Å². The Hall–Kier alpha value is -1.01. The first kappa shape index (κ1) is 10.1. The molecular weight excluding hydrogens is 190 g/mol. The number of nitrogens with zero attached hydrogens (tertiary/aromatic N) is 1. The van der Waals surface area contributed by atoms with Gasteiger partial charge in [-0.1, -0.05) is 0 Å². The van der Waals surface area contributed by atoms with Gasteiger partial charge in [0.05, 0.1) is 13.2 Å². The van der Waals surface area contributed by atoms with Gasteiger partial charge in [-0.05, 0) is 18.5 Å². The highest BCUT2D eigenvalue weighted by molar-refractivity contribution is 7.11. The molecule has 74 valence electrons. The zero-order chi connectivity index (χ0) is 9.84. The smallest absolute Gasteiger partial charge is 0.197 e. The first-order valence-electron chi connectivity index (χ1n) is 3.86. The summed E-state index contributed by atoms with van der Waals surface area (Å²) in [5.74, 6) is 0.922. The van der Waals surface area contributed by atoms with Crippen LogP contribution in [-0.2, 0) is 0 Å². The lowest BCUT2D eigenvalue weighted by Crippen LogP contribution is -2.14. The molecule has 0 amide bonds. The second kappa shape index (κ2) is 4.29. The molecule has 1 rings (SSSR count). The number of nitrogen functional groups attached to an aromatic ring is 1. The van der Waals surface area contributed by atoms with Crippen LogP contribution < -0.4 is 15.8 Å². The van der Waals surface area contributed by atoms with Crippen molar-refractivity contribution >= 4 is 22.4 Å². The van der Waals surface area contributed by atoms with Gasteiger partial charge in [0, 0.05) is 6.54 Å². The summed E-state index contributed by atoms with van der Waals surface area (Å²) in [6.45, 7) is 2.15. The van der Waals surface area contributed by atoms with E-state index in [1.165, 1.54) is 18.6 Å². The lowest BCUT2D eigenvalue weighted by atomic mass is 10.4. The number of nitrogens with one attached hydrogen (secondary N) is 1. The van der Waals surface area contributed by atoms with E-state index in [-0.39, 0.29) is 0 Å². The second-order valence-electron chi connectivity index (χ2n) is 2.66. The molecule has 0 bridgehead atoms. The van der Waals surface area contributed by atoms with Gasteiger partial charge < -0.3 is 20.9 Å². The summed E-state index contributed by atoms with van der Waals surface area (Å²) in [4.78, 5) is 0. The molecule has 0 spiro atoms. The summed E-state index contributed by atoms with van der Waals surface area (Å²) >= 11 is 1.22. The van der Waals surface area contributed by atoms with E-state index in [4.69, 9.17) is 15.6 Å². The van der Waals surface area contributed by atoms with Gasteiger partial charge in [0.15, 0.2) is 16.6 Å². The molecule has 1 heterocycles. The van der Waals surface area contributed by atoms with E-state index < -0.39 is 6.10 Å². The molecule has 5 nitrogen and oxygen atoms in total. The number of ether oxygens (including phenoxy) is 1. The third-order valence-corrected chi connectivity index (χ3v) is 2.24. The van der Waals surface area contributed by atoms with Crippen LogP contribution in [0.25, 0.3) is 0 Å². The monoisotopic (exact) mass is 203 g/mol. The minimum atomic E-state index is -0.409. The highest BCUT2D eigenvalue weighted by atomic mass is 32.1. The number of aliphatic hydroxyl groups is 1. The Labute approximate surface area is 80.7 Å². The molecule has 1 aromatic heterocycles. The van der Waals surface area contributed by atoms with Crippen LogP contribution in [0.15, 0.2) is 0 Å². The summed E-state index contributed by atoms with van der Waals surface area (Å²) in [6, 6.07) is 0. The van der Waals surface area contributed by atoms with Gasteiger partial charge in [0.1, 0.15) is 0 Å². The van der Waals surface area contributed by atoms with Gasteiger partial charge in [-0.2, -0.15) is 4.37 Å². The molecule has 1 atom stereocenters. The van der Waals surface area contributed by atoms with Crippen molar-refractivity contribution in [2.24, 2.45) is 0 Å². The summed E-state index contributed by atoms with van der Waals surface area (Å²) in [7, 11) is 1.54. The van der Waals surface area contributed by atoms with Crippen molar-refractivity contribution in [3.63, 3.8) is 0 Å². The van der Waals surface area contributed by atoms with Crippen LogP contribution in [0, 0.1) is 0 Å². The molecular formula is C7H13N3O2S. The fourth-order valence-electron chi connectivity index (χ4n) is 0.844. The molecule has 1 aromatic rings. The molecule has 0 fully saturated rings. The minimum Gasteiger partial charge on any atom is -0.490 e. The molecule has 6 heteroatoms. The zero-order valence-corrected chi connectivity index (χ0v) is 8.39. The Morgan fingerprint density at radius 3 is 3.00 bits per heavy atom. The first-order chi connectivity index (χ1) is 6.15. The standard InChI is InChI=1S/C7H13N3O2S/c1-4(11)3-9-7-5(12-2)6(8)10-13-7/h4,9,11H,3H2,1-2H3,(H2,8,10). The van der Waals surface area contributed by atoms with Crippen LogP contribution >= 0.6 is 11.5 Å². The average Bonchev–Trinajstić information content (AvgIpc) is 2.42. The van der Waals surface area contributed by atoms with Crippen LogP contribution in [0.3, 0.4) is 0 Å². The Balaban J connectivity index is 2.65. The van der Waals surface area contributed by atoms with Crippen LogP contribution in [0.5, 0.6) is 5.75 Å². The summed E-state index contributed by atoms with van der Waals surface area (Å²) < 4.78 is 8.94. The molecule has 0 radical (unpaired) electrons. The zero-order valence-electron chi connectivity index (χ0n) is 7.57. The number of nitrogens with two attached hydrogens (primary N) is 1. The van der Waals surface area contributed by atoms with Crippen LogP contribution in [-0.4, -0.2) is 29.2 Å². The highest BCUT2D eigenvalue weighted by Crippen LogP contribution is 2.34. The van der Waals surface area contributed by atoms with E-state index in [0.717, 1.165) is 5.00 Å². The van der Waals surface area contributed by atoms with Gasteiger partial charge in [-0.15, -0.1) is 0 Å². The van der Waals surface area contributed by atoms with E-state index in [1.807, 2.05) is 0 Å². The molecule has 0 aliphatic carbocycles. The van der Waals surface area contributed by atoms with Gasteiger partial charge in [-0.3, -0.25) is 0 Å². The number of aromatic nitrogens is 1. The number of rotatable bonds is 4. The number of anilines is 2. The van der Waals surface area contributed by atoms with Crippen molar-refractivity contribution in [1.29, 1.82) is 0 Å². The van der Waals surface area contributed by atoms with Crippen LogP contribution in [0.2, 0.25) is 0 Å². The van der Waals surface area contributed by atoms with Crippen molar-refractivity contribution < 1.29 is 9.84 Å². The van der Waals surface area contributed by atoms with Crippen molar-refractivity contribution in [3.8, 4) is 5.75 Å². The number of hydrogen-bond donors (Lipinski definition) is 3. The molecule has 0 aromatic carbocycles. The SMILES string of the molecule is COc1c(N)nsc1NCC(C)O. The van der Waals surface area contributed by atoms with Crippen LogP contribution in [0.4, 0.5) is 10.8 Å². The minimum absolute atomic E-state index is 0.376. The van der Waals surface area contributed by atoms with Crippen LogP contribution in [0.1, 0.15) is 6.92 Å². The second-order valence-corrected chi connectivity index (χ2v) is 3.43. The number of hydrogen-bond acceptors (Lipinski definition) is 6. The first-order valence-corrected chi connectivity index (χ1v) is 4.63. The molecule has 13 heavy (non-hydrogen) atoms. The molecule has 1 unspecified atom stereocenters. The predicted octanol–water partition coefficient (Wildman–Crippen LogP) is 0.527. The van der Waals surface area contributed by atoms with Gasteiger partial charge >= 0.3 is 0 Å². The van der Waals surface area contributed by atoms with E-state index in [0.29, 0.717) is 18.1 Å². The van der Waals surface area contributed by atoms with Crippen molar-refractivity contribution in [2.75, 3.05) is 24.7 Å². The maximum absolute atomic E-state index is 9.03. The molecule has 0 saturated heterocycles. The predicted molar refractivity (Wildman–Crippen MR) is 53.2 cm³/mol. The van der Waals surface area contributed by atoms with Gasteiger partial charge in [0.2, 0.25) is 0 Å². The fourth-order valence-corrected chi connectivity index (χ4v) is 1.54. The molecule has 0 saturated carbocycles. The Morgan fingerprint density at radius 1 is 1.77 bits per heavy atom. The van der Waals surface area contributed by atoms with Crippen molar-refractivity contribution in [1.82, 2.24) is 4.37 Å². The third-order valence-electron chi connectivity index (χ3n) is 1.44. The molecule has 0 aliphatic rings. The lowest BCUT2D eigenvalue weighted by molar-refractivity contribution is 0.208. The van der Waals surface area contributed by atoms with Gasteiger partial charge in [-0.25, -0.2) is 0 Å². The summed E-state index contributed by atoms with van der Waals surface area (Å²) in [6.07, 6.45) is -0.409. The van der Waals surface area contributed by atoms with Crippen molar-refractivity contribution in [2.45, 2.75) is 13.0 Å².